The molecular weight excluding hydrogens is 212 g/mol. The molecule has 0 aliphatic carbocycles. The summed E-state index contributed by atoms with van der Waals surface area (Å²) < 4.78 is 0. The van der Waals surface area contributed by atoms with Gasteiger partial charge in [0.15, 0.2) is 0 Å². The Balaban J connectivity index is 2.28. The van der Waals surface area contributed by atoms with Gasteiger partial charge in [0.25, 0.3) is 0 Å². The second-order valence-electron chi connectivity index (χ2n) is 3.38. The molecule has 0 fully saturated rings. The molecule has 1 heterocycles. The second kappa shape index (κ2) is 4.16. The minimum absolute atomic E-state index is 0.820. The molecule has 2 heteroatoms. The van der Waals surface area contributed by atoms with Gasteiger partial charge < -0.3 is 0 Å². The third-order valence-corrected chi connectivity index (χ3v) is 3.25. The zero-order valence-electron chi connectivity index (χ0n) is 7.96. The average molecular weight is 223 g/mol. The van der Waals surface area contributed by atoms with Crippen molar-refractivity contribution in [3.8, 4) is 0 Å². The molecule has 1 aromatic carbocycles. The van der Waals surface area contributed by atoms with Crippen molar-refractivity contribution in [3.05, 3.63) is 56.7 Å². The molecule has 0 amide bonds. The van der Waals surface area contributed by atoms with Crippen LogP contribution < -0.4 is 0 Å². The summed E-state index contributed by atoms with van der Waals surface area (Å²) in [5.41, 5.74) is 3.98. The average Bonchev–Trinajstić information content (AvgIpc) is 2.64. The fraction of sp³-hybridized carbons (Fsp3) is 0.167. The van der Waals surface area contributed by atoms with Crippen LogP contribution in [0.3, 0.4) is 0 Å². The lowest BCUT2D eigenvalue weighted by atomic mass is 10.0. The van der Waals surface area contributed by atoms with E-state index in [0.29, 0.717) is 0 Å². The van der Waals surface area contributed by atoms with E-state index in [1.807, 2.05) is 6.07 Å². The molecule has 0 bridgehead atoms. The van der Waals surface area contributed by atoms with Gasteiger partial charge in [-0.25, -0.2) is 0 Å². The fourth-order valence-corrected chi connectivity index (χ4v) is 2.31. The summed E-state index contributed by atoms with van der Waals surface area (Å²) in [4.78, 5) is 0. The molecule has 0 atom stereocenters. The first-order valence-electron chi connectivity index (χ1n) is 4.52. The van der Waals surface area contributed by atoms with E-state index >= 15 is 0 Å². The van der Waals surface area contributed by atoms with Gasteiger partial charge in [-0.2, -0.15) is 11.3 Å². The monoisotopic (exact) mass is 222 g/mol. The maximum absolute atomic E-state index is 5.96. The normalized spacial score (nSPS) is 10.4. The molecule has 2 rings (SSSR count). The number of thiophene rings is 1. The van der Waals surface area contributed by atoms with Crippen molar-refractivity contribution in [1.82, 2.24) is 0 Å². The molecule has 0 spiro atoms. The van der Waals surface area contributed by atoms with E-state index in [-0.39, 0.29) is 0 Å². The number of hydrogen-bond donors (Lipinski definition) is 0. The summed E-state index contributed by atoms with van der Waals surface area (Å²) in [6.07, 6.45) is 0.982. The molecule has 0 N–H and O–H groups in total. The third-order valence-electron chi connectivity index (χ3n) is 2.29. The summed E-state index contributed by atoms with van der Waals surface area (Å²) in [6.45, 7) is 2.12. The van der Waals surface area contributed by atoms with Gasteiger partial charge in [0.05, 0.1) is 0 Å². The summed E-state index contributed by atoms with van der Waals surface area (Å²) >= 11 is 7.70. The van der Waals surface area contributed by atoms with E-state index in [0.717, 1.165) is 11.4 Å². The van der Waals surface area contributed by atoms with Crippen LogP contribution in [0, 0.1) is 6.92 Å². The lowest BCUT2D eigenvalue weighted by Crippen LogP contribution is -1.89. The molecule has 0 nitrogen and oxygen atoms in total. The highest BCUT2D eigenvalue weighted by Crippen LogP contribution is 2.19. The Morgan fingerprint density at radius 3 is 2.86 bits per heavy atom. The Labute approximate surface area is 93.2 Å². The summed E-state index contributed by atoms with van der Waals surface area (Å²) in [5, 5.41) is 5.11. The predicted molar refractivity (Wildman–Crippen MR) is 63.3 cm³/mol. The van der Waals surface area contributed by atoms with Crippen LogP contribution in [0.25, 0.3) is 0 Å². The van der Waals surface area contributed by atoms with Crippen molar-refractivity contribution in [2.45, 2.75) is 13.3 Å². The van der Waals surface area contributed by atoms with Crippen LogP contribution in [0.15, 0.2) is 35.0 Å². The molecule has 0 aliphatic rings. The topological polar surface area (TPSA) is 0 Å². The zero-order chi connectivity index (χ0) is 9.97. The van der Waals surface area contributed by atoms with Crippen molar-refractivity contribution < 1.29 is 0 Å². The maximum Gasteiger partial charge on any atom is 0.0409 e. The minimum Gasteiger partial charge on any atom is -0.152 e. The first kappa shape index (κ1) is 9.75. The molecular formula is C12H11ClS. The van der Waals surface area contributed by atoms with E-state index in [2.05, 4.69) is 35.9 Å². The summed E-state index contributed by atoms with van der Waals surface area (Å²) in [6, 6.07) is 8.22. The van der Waals surface area contributed by atoms with Gasteiger partial charge >= 0.3 is 0 Å². The molecule has 1 aromatic heterocycles. The summed E-state index contributed by atoms with van der Waals surface area (Å²) in [7, 11) is 0. The molecule has 14 heavy (non-hydrogen) atoms. The third kappa shape index (κ3) is 2.17. The van der Waals surface area contributed by atoms with Gasteiger partial charge in [0.2, 0.25) is 0 Å². The lowest BCUT2D eigenvalue weighted by molar-refractivity contribution is 1.17. The molecule has 0 radical (unpaired) electrons. The number of benzene rings is 1. The molecule has 0 saturated heterocycles. The van der Waals surface area contributed by atoms with Crippen molar-refractivity contribution in [3.63, 3.8) is 0 Å². The van der Waals surface area contributed by atoms with E-state index in [9.17, 15) is 0 Å². The number of halogens is 1. The first-order valence-corrected chi connectivity index (χ1v) is 5.84. The summed E-state index contributed by atoms with van der Waals surface area (Å²) in [5.74, 6) is 0. The highest BCUT2D eigenvalue weighted by Gasteiger charge is 2.01. The van der Waals surface area contributed by atoms with Gasteiger partial charge in [0, 0.05) is 5.02 Å². The van der Waals surface area contributed by atoms with Crippen molar-refractivity contribution >= 4 is 22.9 Å². The van der Waals surface area contributed by atoms with Crippen LogP contribution in [-0.2, 0) is 6.42 Å². The molecule has 0 saturated carbocycles. The SMILES string of the molecule is Cc1ccc(Cl)cc1Cc1ccsc1. The zero-order valence-corrected chi connectivity index (χ0v) is 9.53. The molecule has 2 aromatic rings. The Morgan fingerprint density at radius 2 is 2.14 bits per heavy atom. The van der Waals surface area contributed by atoms with Crippen LogP contribution in [-0.4, -0.2) is 0 Å². The van der Waals surface area contributed by atoms with E-state index in [4.69, 9.17) is 11.6 Å². The van der Waals surface area contributed by atoms with Crippen LogP contribution in [0.4, 0.5) is 0 Å². The van der Waals surface area contributed by atoms with E-state index in [1.54, 1.807) is 11.3 Å². The minimum atomic E-state index is 0.820. The standard InChI is InChI=1S/C12H11ClS/c1-9-2-3-12(13)7-11(9)6-10-4-5-14-8-10/h2-5,7-8H,6H2,1H3. The van der Waals surface area contributed by atoms with Gasteiger partial charge in [-0.1, -0.05) is 17.7 Å². The highest BCUT2D eigenvalue weighted by molar-refractivity contribution is 7.07. The largest absolute Gasteiger partial charge is 0.152 e. The number of hydrogen-bond acceptors (Lipinski definition) is 1. The first-order chi connectivity index (χ1) is 6.75. The van der Waals surface area contributed by atoms with Crippen LogP contribution >= 0.6 is 22.9 Å². The highest BCUT2D eigenvalue weighted by atomic mass is 35.5. The van der Waals surface area contributed by atoms with E-state index in [1.165, 1.54) is 16.7 Å². The number of rotatable bonds is 2. The lowest BCUT2D eigenvalue weighted by Gasteiger charge is -2.04. The Kier molecular flexibility index (Phi) is 2.90. The maximum atomic E-state index is 5.96. The van der Waals surface area contributed by atoms with E-state index < -0.39 is 0 Å². The van der Waals surface area contributed by atoms with Gasteiger partial charge in [-0.3, -0.25) is 0 Å². The Morgan fingerprint density at radius 1 is 1.29 bits per heavy atom. The quantitative estimate of drug-likeness (QED) is 0.711. The molecule has 72 valence electrons. The molecule has 0 unspecified atom stereocenters. The predicted octanol–water partition coefficient (Wildman–Crippen LogP) is 4.30. The smallest absolute Gasteiger partial charge is 0.0409 e. The fourth-order valence-electron chi connectivity index (χ4n) is 1.44. The van der Waals surface area contributed by atoms with Gasteiger partial charge in [0.1, 0.15) is 0 Å². The molecule has 0 aliphatic heterocycles. The second-order valence-corrected chi connectivity index (χ2v) is 4.60. The van der Waals surface area contributed by atoms with Gasteiger partial charge in [-0.05, 0) is 59.0 Å². The van der Waals surface area contributed by atoms with Crippen molar-refractivity contribution in [1.29, 1.82) is 0 Å². The Bertz CT molecular complexity index is 418. The van der Waals surface area contributed by atoms with Gasteiger partial charge in [-0.15, -0.1) is 0 Å². The number of aryl methyl sites for hydroxylation is 1. The Hall–Kier alpha value is -0.790. The van der Waals surface area contributed by atoms with Crippen LogP contribution in [0.2, 0.25) is 5.02 Å². The van der Waals surface area contributed by atoms with Crippen molar-refractivity contribution in [2.24, 2.45) is 0 Å². The van der Waals surface area contributed by atoms with Crippen LogP contribution in [0.5, 0.6) is 0 Å². The van der Waals surface area contributed by atoms with Crippen molar-refractivity contribution in [2.75, 3.05) is 0 Å². The van der Waals surface area contributed by atoms with Crippen LogP contribution in [0.1, 0.15) is 16.7 Å².